The highest BCUT2D eigenvalue weighted by molar-refractivity contribution is 7.18. The van der Waals surface area contributed by atoms with Crippen LogP contribution in [0.4, 0.5) is 0 Å². The predicted octanol–water partition coefficient (Wildman–Crippen LogP) is 1.17. The largest absolute Gasteiger partial charge is 0.344 e. The minimum atomic E-state index is -0.493. The molecule has 0 unspecified atom stereocenters. The Bertz CT molecular complexity index is 1290. The van der Waals surface area contributed by atoms with E-state index in [2.05, 4.69) is 15.3 Å². The third kappa shape index (κ3) is 2.91. The summed E-state index contributed by atoms with van der Waals surface area (Å²) in [6.07, 6.45) is 0. The van der Waals surface area contributed by atoms with Crippen LogP contribution in [0.5, 0.6) is 0 Å². The zero-order chi connectivity index (χ0) is 19.1. The van der Waals surface area contributed by atoms with E-state index in [-0.39, 0.29) is 23.3 Å². The number of carbonyl (C=O) groups is 1. The average Bonchev–Trinajstić information content (AvgIpc) is 3.11. The van der Waals surface area contributed by atoms with Gasteiger partial charge in [-0.15, -0.1) is 11.3 Å². The van der Waals surface area contributed by atoms with E-state index in [0.29, 0.717) is 0 Å². The van der Waals surface area contributed by atoms with Crippen molar-refractivity contribution in [2.24, 2.45) is 14.1 Å². The lowest BCUT2D eigenvalue weighted by Gasteiger charge is -2.08. The summed E-state index contributed by atoms with van der Waals surface area (Å²) in [6, 6.07) is 10.7. The van der Waals surface area contributed by atoms with Crippen molar-refractivity contribution in [1.29, 1.82) is 0 Å². The van der Waals surface area contributed by atoms with Crippen LogP contribution in [0.2, 0.25) is 0 Å². The third-order valence-corrected chi connectivity index (χ3v) is 5.31. The van der Waals surface area contributed by atoms with Gasteiger partial charge in [0.05, 0.1) is 22.1 Å². The maximum atomic E-state index is 12.5. The Hall–Kier alpha value is -3.33. The van der Waals surface area contributed by atoms with E-state index in [1.165, 1.54) is 42.1 Å². The number of pyridine rings is 1. The van der Waals surface area contributed by atoms with Gasteiger partial charge < -0.3 is 5.32 Å². The maximum Gasteiger partial charge on any atom is 0.332 e. The van der Waals surface area contributed by atoms with E-state index in [1.807, 2.05) is 24.3 Å². The zero-order valence-electron chi connectivity index (χ0n) is 14.6. The Morgan fingerprint density at radius 3 is 2.63 bits per heavy atom. The molecular formula is C18H15N5O3S. The Morgan fingerprint density at radius 1 is 1.07 bits per heavy atom. The molecule has 0 aliphatic carbocycles. The van der Waals surface area contributed by atoms with Crippen molar-refractivity contribution in [3.8, 4) is 0 Å². The van der Waals surface area contributed by atoms with Gasteiger partial charge in [0.15, 0.2) is 0 Å². The molecule has 3 aromatic heterocycles. The summed E-state index contributed by atoms with van der Waals surface area (Å²) in [4.78, 5) is 45.4. The quantitative estimate of drug-likeness (QED) is 0.574. The van der Waals surface area contributed by atoms with Gasteiger partial charge in [0, 0.05) is 14.1 Å². The summed E-state index contributed by atoms with van der Waals surface area (Å²) in [5.41, 5.74) is 0.262. The molecule has 0 aliphatic heterocycles. The molecule has 0 saturated carbocycles. The van der Waals surface area contributed by atoms with E-state index in [4.69, 9.17) is 0 Å². The molecule has 3 heterocycles. The van der Waals surface area contributed by atoms with E-state index in [0.717, 1.165) is 19.8 Å². The van der Waals surface area contributed by atoms with Crippen molar-refractivity contribution in [2.75, 3.05) is 0 Å². The molecule has 0 fully saturated rings. The molecule has 0 spiro atoms. The highest BCUT2D eigenvalue weighted by Gasteiger charge is 2.14. The number of benzene rings is 1. The monoisotopic (exact) mass is 381 g/mol. The van der Waals surface area contributed by atoms with Gasteiger partial charge in [0.25, 0.3) is 11.5 Å². The third-order valence-electron chi connectivity index (χ3n) is 4.27. The van der Waals surface area contributed by atoms with Crippen molar-refractivity contribution in [2.45, 2.75) is 6.54 Å². The van der Waals surface area contributed by atoms with E-state index in [1.54, 1.807) is 0 Å². The topological polar surface area (TPSA) is 98.9 Å². The van der Waals surface area contributed by atoms with Gasteiger partial charge in [0.2, 0.25) is 0 Å². The van der Waals surface area contributed by atoms with Gasteiger partial charge in [-0.3, -0.25) is 18.7 Å². The Balaban J connectivity index is 1.62. The minimum absolute atomic E-state index is 0.131. The molecule has 8 nitrogen and oxygen atoms in total. The van der Waals surface area contributed by atoms with Crippen LogP contribution in [0.3, 0.4) is 0 Å². The normalized spacial score (nSPS) is 11.2. The number of aryl methyl sites for hydroxylation is 1. The summed E-state index contributed by atoms with van der Waals surface area (Å²) < 4.78 is 3.31. The van der Waals surface area contributed by atoms with Gasteiger partial charge in [0.1, 0.15) is 16.3 Å². The lowest BCUT2D eigenvalue weighted by Crippen LogP contribution is -2.37. The van der Waals surface area contributed by atoms with Crippen LogP contribution in [0.1, 0.15) is 15.5 Å². The number of fused-ring (bicyclic) bond motifs is 2. The molecule has 1 aromatic carbocycles. The molecular weight excluding hydrogens is 366 g/mol. The Morgan fingerprint density at radius 2 is 1.85 bits per heavy atom. The Kier molecular flexibility index (Phi) is 4.08. The van der Waals surface area contributed by atoms with Crippen LogP contribution in [0, 0.1) is 0 Å². The number of amides is 1. The molecule has 0 atom stereocenters. The molecule has 0 radical (unpaired) electrons. The lowest BCUT2D eigenvalue weighted by atomic mass is 10.2. The molecule has 1 amide bonds. The summed E-state index contributed by atoms with van der Waals surface area (Å²) in [7, 11) is 2.92. The SMILES string of the molecule is Cn1c(=O)c2ccc(C(=O)NCc3nc4ccccc4s3)nc2n(C)c1=O. The second-order valence-corrected chi connectivity index (χ2v) is 7.15. The maximum absolute atomic E-state index is 12.5. The Labute approximate surface area is 156 Å². The fourth-order valence-electron chi connectivity index (χ4n) is 2.82. The number of para-hydroxylation sites is 1. The zero-order valence-corrected chi connectivity index (χ0v) is 15.4. The van der Waals surface area contributed by atoms with Crippen LogP contribution < -0.4 is 16.6 Å². The first-order valence-corrected chi connectivity index (χ1v) is 8.97. The van der Waals surface area contributed by atoms with Crippen LogP contribution in [-0.2, 0) is 20.6 Å². The highest BCUT2D eigenvalue weighted by Crippen LogP contribution is 2.21. The number of rotatable bonds is 3. The smallest absolute Gasteiger partial charge is 0.332 e. The summed E-state index contributed by atoms with van der Waals surface area (Å²) in [5, 5.41) is 3.84. The molecule has 136 valence electrons. The molecule has 27 heavy (non-hydrogen) atoms. The number of nitrogens with zero attached hydrogens (tertiary/aromatic N) is 4. The van der Waals surface area contributed by atoms with E-state index in [9.17, 15) is 14.4 Å². The van der Waals surface area contributed by atoms with Crippen LogP contribution in [0.15, 0.2) is 46.0 Å². The van der Waals surface area contributed by atoms with Crippen molar-refractivity contribution in [3.05, 3.63) is 67.9 Å². The van der Waals surface area contributed by atoms with Crippen molar-refractivity contribution in [1.82, 2.24) is 24.4 Å². The van der Waals surface area contributed by atoms with Gasteiger partial charge in [-0.05, 0) is 24.3 Å². The molecule has 4 rings (SSSR count). The molecule has 0 bridgehead atoms. The number of carbonyl (C=O) groups excluding carboxylic acids is 1. The molecule has 4 aromatic rings. The fourth-order valence-corrected chi connectivity index (χ4v) is 3.73. The molecule has 1 N–H and O–H groups in total. The van der Waals surface area contributed by atoms with E-state index >= 15 is 0 Å². The van der Waals surface area contributed by atoms with Crippen molar-refractivity contribution in [3.63, 3.8) is 0 Å². The molecule has 0 aliphatic rings. The van der Waals surface area contributed by atoms with Gasteiger partial charge >= 0.3 is 5.69 Å². The van der Waals surface area contributed by atoms with Gasteiger partial charge in [-0.2, -0.15) is 0 Å². The van der Waals surface area contributed by atoms with Gasteiger partial charge in [-0.25, -0.2) is 14.8 Å². The number of hydrogen-bond acceptors (Lipinski definition) is 6. The summed E-state index contributed by atoms with van der Waals surface area (Å²) in [5.74, 6) is -0.399. The van der Waals surface area contributed by atoms with Crippen molar-refractivity contribution < 1.29 is 4.79 Å². The second-order valence-electron chi connectivity index (χ2n) is 6.03. The fraction of sp³-hybridized carbons (Fsp3) is 0.167. The summed E-state index contributed by atoms with van der Waals surface area (Å²) in [6.45, 7) is 0.271. The summed E-state index contributed by atoms with van der Waals surface area (Å²) >= 11 is 1.51. The number of aromatic nitrogens is 4. The molecule has 9 heteroatoms. The highest BCUT2D eigenvalue weighted by atomic mass is 32.1. The second kappa shape index (κ2) is 6.44. The van der Waals surface area contributed by atoms with Crippen LogP contribution >= 0.6 is 11.3 Å². The minimum Gasteiger partial charge on any atom is -0.344 e. The van der Waals surface area contributed by atoms with Gasteiger partial charge in [-0.1, -0.05) is 12.1 Å². The first kappa shape index (κ1) is 17.1. The van der Waals surface area contributed by atoms with Crippen molar-refractivity contribution >= 4 is 38.5 Å². The lowest BCUT2D eigenvalue weighted by molar-refractivity contribution is 0.0946. The first-order valence-electron chi connectivity index (χ1n) is 8.15. The van der Waals surface area contributed by atoms with Crippen LogP contribution in [-0.4, -0.2) is 25.0 Å². The number of thiazole rings is 1. The average molecular weight is 381 g/mol. The number of nitrogens with one attached hydrogen (secondary N) is 1. The van der Waals surface area contributed by atoms with E-state index < -0.39 is 17.2 Å². The number of hydrogen-bond donors (Lipinski definition) is 1. The van der Waals surface area contributed by atoms with Crippen LogP contribution in [0.25, 0.3) is 21.3 Å². The predicted molar refractivity (Wildman–Crippen MR) is 103 cm³/mol. The molecule has 0 saturated heterocycles. The standard InChI is InChI=1S/C18H15N5O3S/c1-22-15-10(17(25)23(2)18(22)26)7-8-12(21-15)16(24)19-9-14-20-11-5-3-4-6-13(11)27-14/h3-8H,9H2,1-2H3,(H,19,24). The first-order chi connectivity index (χ1) is 13.0.